The van der Waals surface area contributed by atoms with Crippen molar-refractivity contribution in [1.29, 1.82) is 0 Å². The largest absolute Gasteiger partial charge is 0.281 e. The average molecular weight is 477 g/mol. The number of halogens is 1. The molecule has 1 heterocycles. The second-order valence-electron chi connectivity index (χ2n) is 6.76. The third-order valence-electron chi connectivity index (χ3n) is 4.34. The van der Waals surface area contributed by atoms with Crippen molar-refractivity contribution in [3.8, 4) is 10.6 Å². The minimum absolute atomic E-state index is 0.00939. The lowest BCUT2D eigenvalue weighted by atomic mass is 10.2. The number of sulfonamides is 1. The molecule has 0 bridgehead atoms. The van der Waals surface area contributed by atoms with Crippen molar-refractivity contribution in [2.45, 2.75) is 24.7 Å². The van der Waals surface area contributed by atoms with E-state index in [1.807, 2.05) is 30.3 Å². The third kappa shape index (κ3) is 6.19. The maximum absolute atomic E-state index is 12.9. The maximum atomic E-state index is 12.9. The number of thiazole rings is 1. The van der Waals surface area contributed by atoms with Crippen LogP contribution in [0.25, 0.3) is 10.6 Å². The Morgan fingerprint density at radius 2 is 1.72 bits per heavy atom. The first-order valence-corrected chi connectivity index (χ1v) is 11.9. The fourth-order valence-electron chi connectivity index (χ4n) is 2.71. The molecular formula is C21H21FN4O4S2. The van der Waals surface area contributed by atoms with Crippen LogP contribution >= 0.6 is 11.3 Å². The summed E-state index contributed by atoms with van der Waals surface area (Å²) in [6.45, 7) is 1.72. The van der Waals surface area contributed by atoms with E-state index >= 15 is 0 Å². The van der Waals surface area contributed by atoms with Crippen LogP contribution in [-0.4, -0.2) is 31.8 Å². The standard InChI is InChI=1S/C21H21FN4O4S2/c1-14-19(31-21(24-14)15-6-3-2-4-7-15)20(28)26-25-18(27)8-5-13-23-32(29,30)17-11-9-16(22)10-12-17/h2-4,6-7,9-12,23H,5,8,13H2,1H3,(H,25,27)(H,26,28). The average Bonchev–Trinajstić information content (AvgIpc) is 3.18. The van der Waals surface area contributed by atoms with E-state index in [0.29, 0.717) is 15.6 Å². The number of nitrogens with one attached hydrogen (secondary N) is 3. The Labute approximate surface area is 188 Å². The predicted octanol–water partition coefficient (Wildman–Crippen LogP) is 2.78. The highest BCUT2D eigenvalue weighted by Crippen LogP contribution is 2.27. The molecule has 32 heavy (non-hydrogen) atoms. The lowest BCUT2D eigenvalue weighted by Crippen LogP contribution is -2.41. The normalized spacial score (nSPS) is 11.2. The lowest BCUT2D eigenvalue weighted by molar-refractivity contribution is -0.121. The van der Waals surface area contributed by atoms with Gasteiger partial charge in [0.05, 0.1) is 10.6 Å². The molecule has 0 saturated carbocycles. The van der Waals surface area contributed by atoms with Crippen molar-refractivity contribution in [2.75, 3.05) is 6.54 Å². The van der Waals surface area contributed by atoms with E-state index in [-0.39, 0.29) is 24.3 Å². The SMILES string of the molecule is Cc1nc(-c2ccccc2)sc1C(=O)NNC(=O)CCCNS(=O)(=O)c1ccc(F)cc1. The molecule has 3 rings (SSSR count). The molecule has 2 aromatic carbocycles. The molecule has 0 aliphatic carbocycles. The first kappa shape index (κ1) is 23.5. The number of aryl methyl sites for hydroxylation is 1. The van der Waals surface area contributed by atoms with Gasteiger partial charge in [-0.25, -0.2) is 22.5 Å². The first-order valence-electron chi connectivity index (χ1n) is 9.63. The molecule has 1 aromatic heterocycles. The lowest BCUT2D eigenvalue weighted by Gasteiger charge is -2.08. The van der Waals surface area contributed by atoms with E-state index in [1.54, 1.807) is 6.92 Å². The number of nitrogens with zero attached hydrogens (tertiary/aromatic N) is 1. The Morgan fingerprint density at radius 1 is 1.03 bits per heavy atom. The van der Waals surface area contributed by atoms with Gasteiger partial charge in [0.1, 0.15) is 15.7 Å². The molecule has 0 atom stereocenters. The van der Waals surface area contributed by atoms with Crippen molar-refractivity contribution >= 4 is 33.2 Å². The topological polar surface area (TPSA) is 117 Å². The molecule has 3 N–H and O–H groups in total. The number of aromatic nitrogens is 1. The Kier molecular flexibility index (Phi) is 7.67. The van der Waals surface area contributed by atoms with Gasteiger partial charge in [-0.15, -0.1) is 11.3 Å². The number of hydrogen-bond donors (Lipinski definition) is 3. The van der Waals surface area contributed by atoms with E-state index in [0.717, 1.165) is 29.8 Å². The number of hydrogen-bond acceptors (Lipinski definition) is 6. The molecule has 3 aromatic rings. The number of hydrazine groups is 1. The number of carbonyl (C=O) groups excluding carboxylic acids is 2. The summed E-state index contributed by atoms with van der Waals surface area (Å²) in [6, 6.07) is 13.9. The highest BCUT2D eigenvalue weighted by atomic mass is 32.2. The molecule has 0 spiro atoms. The summed E-state index contributed by atoms with van der Waals surface area (Å²) >= 11 is 1.22. The van der Waals surface area contributed by atoms with Crippen LogP contribution in [0.1, 0.15) is 28.2 Å². The molecule has 0 unspecified atom stereocenters. The molecule has 0 fully saturated rings. The molecule has 0 radical (unpaired) electrons. The molecule has 8 nitrogen and oxygen atoms in total. The fourth-order valence-corrected chi connectivity index (χ4v) is 4.75. The van der Waals surface area contributed by atoms with Gasteiger partial charge in [-0.2, -0.15) is 0 Å². The summed E-state index contributed by atoms with van der Waals surface area (Å²) in [5, 5.41) is 0.702. The van der Waals surface area contributed by atoms with E-state index < -0.39 is 27.7 Å². The smallest absolute Gasteiger partial charge is 0.273 e. The van der Waals surface area contributed by atoms with Crippen molar-refractivity contribution in [1.82, 2.24) is 20.6 Å². The van der Waals surface area contributed by atoms with Crippen LogP contribution in [0, 0.1) is 12.7 Å². The first-order chi connectivity index (χ1) is 15.3. The second kappa shape index (κ2) is 10.4. The Hall–Kier alpha value is -3.15. The summed E-state index contributed by atoms with van der Waals surface area (Å²) in [7, 11) is -3.79. The summed E-state index contributed by atoms with van der Waals surface area (Å²) in [6.07, 6.45) is 0.197. The summed E-state index contributed by atoms with van der Waals surface area (Å²) in [5.74, 6) is -1.48. The second-order valence-corrected chi connectivity index (χ2v) is 9.52. The van der Waals surface area contributed by atoms with Gasteiger partial charge in [0, 0.05) is 18.5 Å². The zero-order chi connectivity index (χ0) is 23.1. The quantitative estimate of drug-likeness (QED) is 0.341. The van der Waals surface area contributed by atoms with Gasteiger partial charge in [0.25, 0.3) is 5.91 Å². The molecular weight excluding hydrogens is 455 g/mol. The van der Waals surface area contributed by atoms with Crippen LogP contribution < -0.4 is 15.6 Å². The monoisotopic (exact) mass is 476 g/mol. The zero-order valence-corrected chi connectivity index (χ0v) is 18.7. The summed E-state index contributed by atoms with van der Waals surface area (Å²) < 4.78 is 39.5. The van der Waals surface area contributed by atoms with E-state index in [9.17, 15) is 22.4 Å². The van der Waals surface area contributed by atoms with Crippen LogP contribution in [0.3, 0.4) is 0 Å². The number of carbonyl (C=O) groups is 2. The van der Waals surface area contributed by atoms with Crippen molar-refractivity contribution in [3.05, 3.63) is 71.0 Å². The van der Waals surface area contributed by atoms with Gasteiger partial charge < -0.3 is 0 Å². The van der Waals surface area contributed by atoms with Gasteiger partial charge in [0.2, 0.25) is 15.9 Å². The minimum Gasteiger partial charge on any atom is -0.273 e. The molecule has 2 amide bonds. The Balaban J connectivity index is 1.44. The molecule has 168 valence electrons. The highest BCUT2D eigenvalue weighted by molar-refractivity contribution is 7.89. The van der Waals surface area contributed by atoms with Crippen LogP contribution in [-0.2, 0) is 14.8 Å². The third-order valence-corrected chi connectivity index (χ3v) is 7.02. The van der Waals surface area contributed by atoms with Crippen LogP contribution in [0.4, 0.5) is 4.39 Å². The maximum Gasteiger partial charge on any atom is 0.281 e. The summed E-state index contributed by atoms with van der Waals surface area (Å²) in [5.41, 5.74) is 6.11. The van der Waals surface area contributed by atoms with Gasteiger partial charge >= 0.3 is 0 Å². The highest BCUT2D eigenvalue weighted by Gasteiger charge is 2.17. The fraction of sp³-hybridized carbons (Fsp3) is 0.190. The van der Waals surface area contributed by atoms with Gasteiger partial charge in [-0.3, -0.25) is 20.4 Å². The minimum atomic E-state index is -3.79. The van der Waals surface area contributed by atoms with E-state index in [4.69, 9.17) is 0 Å². The van der Waals surface area contributed by atoms with Crippen molar-refractivity contribution < 1.29 is 22.4 Å². The number of amides is 2. The van der Waals surface area contributed by atoms with Gasteiger partial charge in [-0.05, 0) is 37.6 Å². The van der Waals surface area contributed by atoms with Crippen molar-refractivity contribution in [2.24, 2.45) is 0 Å². The van der Waals surface area contributed by atoms with Gasteiger partial charge in [-0.1, -0.05) is 30.3 Å². The summed E-state index contributed by atoms with van der Waals surface area (Å²) in [4.78, 5) is 29.1. The molecule has 0 aliphatic heterocycles. The van der Waals surface area contributed by atoms with Crippen LogP contribution in [0.15, 0.2) is 59.5 Å². The van der Waals surface area contributed by atoms with Crippen LogP contribution in [0.5, 0.6) is 0 Å². The number of benzene rings is 2. The van der Waals surface area contributed by atoms with Crippen molar-refractivity contribution in [3.63, 3.8) is 0 Å². The Bertz CT molecular complexity index is 1200. The molecule has 11 heteroatoms. The van der Waals surface area contributed by atoms with E-state index in [2.05, 4.69) is 20.6 Å². The molecule has 0 aliphatic rings. The van der Waals surface area contributed by atoms with E-state index in [1.165, 1.54) is 11.3 Å². The molecule has 0 saturated heterocycles. The predicted molar refractivity (Wildman–Crippen MR) is 119 cm³/mol. The number of rotatable bonds is 8. The van der Waals surface area contributed by atoms with Gasteiger partial charge in [0.15, 0.2) is 0 Å². The van der Waals surface area contributed by atoms with Crippen LogP contribution in [0.2, 0.25) is 0 Å². The Morgan fingerprint density at radius 3 is 2.41 bits per heavy atom. The zero-order valence-electron chi connectivity index (χ0n) is 17.1.